The Kier molecular flexibility index (Phi) is 5.56. The number of nitrogens with one attached hydrogen (secondary N) is 1. The molecule has 0 aromatic heterocycles. The number of hydrogen-bond acceptors (Lipinski definition) is 2. The summed E-state index contributed by atoms with van der Waals surface area (Å²) in [5.74, 6) is 0.0477. The topological polar surface area (TPSA) is 32.3 Å². The third-order valence-corrected chi connectivity index (χ3v) is 4.33. The van der Waals surface area contributed by atoms with E-state index in [-0.39, 0.29) is 11.9 Å². The van der Waals surface area contributed by atoms with Gasteiger partial charge in [0.05, 0.1) is 11.5 Å². The third kappa shape index (κ3) is 4.20. The predicted octanol–water partition coefficient (Wildman–Crippen LogP) is 3.38. The van der Waals surface area contributed by atoms with Crippen molar-refractivity contribution >= 4 is 5.91 Å². The summed E-state index contributed by atoms with van der Waals surface area (Å²) in [5, 5.41) is 3.12. The van der Waals surface area contributed by atoms with E-state index in [1.807, 2.05) is 76.5 Å². The van der Waals surface area contributed by atoms with Crippen LogP contribution in [0.4, 0.5) is 0 Å². The van der Waals surface area contributed by atoms with Crippen molar-refractivity contribution in [3.05, 3.63) is 71.8 Å². The highest BCUT2D eigenvalue weighted by molar-refractivity contribution is 5.87. The summed E-state index contributed by atoms with van der Waals surface area (Å²) in [5.41, 5.74) is 1.68. The molecule has 1 atom stereocenters. The quantitative estimate of drug-likeness (QED) is 0.887. The number of amides is 1. The zero-order chi connectivity index (χ0) is 16.9. The first-order valence-electron chi connectivity index (χ1n) is 7.98. The molecule has 0 saturated carbocycles. The summed E-state index contributed by atoms with van der Waals surface area (Å²) in [6, 6.07) is 20.3. The largest absolute Gasteiger partial charge is 0.353 e. The van der Waals surface area contributed by atoms with Gasteiger partial charge in [-0.1, -0.05) is 60.7 Å². The molecule has 0 fully saturated rings. The fourth-order valence-corrected chi connectivity index (χ4v) is 2.67. The van der Waals surface area contributed by atoms with E-state index in [1.54, 1.807) is 0 Å². The number of nitrogens with zero attached hydrogens (tertiary/aromatic N) is 1. The van der Waals surface area contributed by atoms with Gasteiger partial charge >= 0.3 is 0 Å². The van der Waals surface area contributed by atoms with Gasteiger partial charge in [-0.2, -0.15) is 0 Å². The second-order valence-electron chi connectivity index (χ2n) is 6.59. The smallest absolute Gasteiger partial charge is 0.230 e. The van der Waals surface area contributed by atoms with Crippen LogP contribution in [-0.2, 0) is 10.2 Å². The molecule has 2 rings (SSSR count). The second-order valence-corrected chi connectivity index (χ2v) is 6.59. The fraction of sp³-hybridized carbons (Fsp3) is 0.350. The summed E-state index contributed by atoms with van der Waals surface area (Å²) in [6.45, 7) is 4.52. The minimum atomic E-state index is -0.547. The third-order valence-electron chi connectivity index (χ3n) is 4.33. The molecule has 1 N–H and O–H groups in total. The SMILES string of the molecule is CN(C)C(CNC(=O)C(C)(C)c1ccccc1)c1ccccc1. The molecule has 0 saturated heterocycles. The summed E-state index contributed by atoms with van der Waals surface area (Å²) in [6.07, 6.45) is 0. The Bertz CT molecular complexity index is 621. The van der Waals surface area contributed by atoms with Crippen LogP contribution in [0, 0.1) is 0 Å². The zero-order valence-electron chi connectivity index (χ0n) is 14.4. The number of carbonyl (C=O) groups is 1. The van der Waals surface area contributed by atoms with Crippen LogP contribution in [0.5, 0.6) is 0 Å². The van der Waals surface area contributed by atoms with Gasteiger partial charge < -0.3 is 10.2 Å². The van der Waals surface area contributed by atoms with Crippen molar-refractivity contribution in [2.75, 3.05) is 20.6 Å². The van der Waals surface area contributed by atoms with Gasteiger partial charge in [0, 0.05) is 6.54 Å². The van der Waals surface area contributed by atoms with Crippen LogP contribution in [-0.4, -0.2) is 31.4 Å². The molecular weight excluding hydrogens is 284 g/mol. The van der Waals surface area contributed by atoms with Gasteiger partial charge in [0.15, 0.2) is 0 Å². The summed E-state index contributed by atoms with van der Waals surface area (Å²) < 4.78 is 0. The molecule has 0 aliphatic heterocycles. The maximum atomic E-state index is 12.7. The number of likely N-dealkylation sites (N-methyl/N-ethyl adjacent to an activating group) is 1. The highest BCUT2D eigenvalue weighted by atomic mass is 16.2. The van der Waals surface area contributed by atoms with Crippen LogP contribution in [0.15, 0.2) is 60.7 Å². The van der Waals surface area contributed by atoms with Gasteiger partial charge in [0.2, 0.25) is 5.91 Å². The number of rotatable bonds is 6. The molecule has 0 aliphatic carbocycles. The number of carbonyl (C=O) groups excluding carboxylic acids is 1. The standard InChI is InChI=1S/C20H26N2O/c1-20(2,17-13-9-6-10-14-17)19(23)21-15-18(22(3)4)16-11-7-5-8-12-16/h5-14,18H,15H2,1-4H3,(H,21,23). The summed E-state index contributed by atoms with van der Waals surface area (Å²) in [4.78, 5) is 14.8. The lowest BCUT2D eigenvalue weighted by Gasteiger charge is -2.29. The van der Waals surface area contributed by atoms with Crippen LogP contribution in [0.2, 0.25) is 0 Å². The van der Waals surface area contributed by atoms with Gasteiger partial charge in [0.25, 0.3) is 0 Å². The fourth-order valence-electron chi connectivity index (χ4n) is 2.67. The van der Waals surface area contributed by atoms with Gasteiger partial charge in [0.1, 0.15) is 0 Å². The van der Waals surface area contributed by atoms with Crippen molar-refractivity contribution < 1.29 is 4.79 Å². The molecule has 0 bridgehead atoms. The average molecular weight is 310 g/mol. The van der Waals surface area contributed by atoms with Crippen LogP contribution in [0.3, 0.4) is 0 Å². The van der Waals surface area contributed by atoms with Crippen LogP contribution in [0.1, 0.15) is 31.0 Å². The molecule has 23 heavy (non-hydrogen) atoms. The minimum absolute atomic E-state index is 0.0477. The van der Waals surface area contributed by atoms with Crippen molar-refractivity contribution in [1.82, 2.24) is 10.2 Å². The van der Waals surface area contributed by atoms with Crippen molar-refractivity contribution in [1.29, 1.82) is 0 Å². The first-order valence-corrected chi connectivity index (χ1v) is 7.98. The van der Waals surface area contributed by atoms with E-state index < -0.39 is 5.41 Å². The number of hydrogen-bond donors (Lipinski definition) is 1. The van der Waals surface area contributed by atoms with E-state index in [0.717, 1.165) is 5.56 Å². The van der Waals surface area contributed by atoms with E-state index in [4.69, 9.17) is 0 Å². The van der Waals surface area contributed by atoms with E-state index in [2.05, 4.69) is 22.3 Å². The van der Waals surface area contributed by atoms with Crippen molar-refractivity contribution in [3.63, 3.8) is 0 Å². The van der Waals surface area contributed by atoms with Crippen molar-refractivity contribution in [3.8, 4) is 0 Å². The molecule has 3 nitrogen and oxygen atoms in total. The second kappa shape index (κ2) is 7.42. The van der Waals surface area contributed by atoms with Crippen LogP contribution >= 0.6 is 0 Å². The lowest BCUT2D eigenvalue weighted by molar-refractivity contribution is -0.125. The van der Waals surface area contributed by atoms with Gasteiger partial charge in [-0.3, -0.25) is 4.79 Å². The average Bonchev–Trinajstić information content (AvgIpc) is 2.56. The van der Waals surface area contributed by atoms with Crippen molar-refractivity contribution in [2.45, 2.75) is 25.3 Å². The molecule has 0 radical (unpaired) electrons. The molecule has 2 aromatic rings. The Morgan fingerprint density at radius 3 is 2.04 bits per heavy atom. The van der Waals surface area contributed by atoms with E-state index in [9.17, 15) is 4.79 Å². The zero-order valence-corrected chi connectivity index (χ0v) is 14.4. The molecule has 0 spiro atoms. The van der Waals surface area contributed by atoms with Crippen molar-refractivity contribution in [2.24, 2.45) is 0 Å². The van der Waals surface area contributed by atoms with E-state index in [1.165, 1.54) is 5.56 Å². The molecule has 0 aliphatic rings. The first kappa shape index (κ1) is 17.2. The predicted molar refractivity (Wildman–Crippen MR) is 95.3 cm³/mol. The maximum absolute atomic E-state index is 12.7. The van der Waals surface area contributed by atoms with Crippen LogP contribution in [0.25, 0.3) is 0 Å². The van der Waals surface area contributed by atoms with Gasteiger partial charge in [-0.25, -0.2) is 0 Å². The normalized spacial score (nSPS) is 12.9. The highest BCUT2D eigenvalue weighted by Crippen LogP contribution is 2.24. The molecular formula is C20H26N2O. The lowest BCUT2D eigenvalue weighted by Crippen LogP contribution is -2.43. The summed E-state index contributed by atoms with van der Waals surface area (Å²) >= 11 is 0. The number of benzene rings is 2. The Morgan fingerprint density at radius 1 is 1.00 bits per heavy atom. The van der Waals surface area contributed by atoms with Gasteiger partial charge in [-0.05, 0) is 39.1 Å². The Labute approximate surface area is 139 Å². The lowest BCUT2D eigenvalue weighted by atomic mass is 9.83. The van der Waals surface area contributed by atoms with E-state index >= 15 is 0 Å². The summed E-state index contributed by atoms with van der Waals surface area (Å²) in [7, 11) is 4.07. The minimum Gasteiger partial charge on any atom is -0.353 e. The highest BCUT2D eigenvalue weighted by Gasteiger charge is 2.30. The Morgan fingerprint density at radius 2 is 1.52 bits per heavy atom. The molecule has 1 unspecified atom stereocenters. The first-order chi connectivity index (χ1) is 10.9. The Hall–Kier alpha value is -2.13. The Balaban J connectivity index is 2.07. The van der Waals surface area contributed by atoms with Crippen LogP contribution < -0.4 is 5.32 Å². The molecule has 1 amide bonds. The molecule has 2 aromatic carbocycles. The maximum Gasteiger partial charge on any atom is 0.230 e. The molecule has 3 heteroatoms. The molecule has 122 valence electrons. The monoisotopic (exact) mass is 310 g/mol. The molecule has 0 heterocycles. The van der Waals surface area contributed by atoms with Gasteiger partial charge in [-0.15, -0.1) is 0 Å². The van der Waals surface area contributed by atoms with E-state index in [0.29, 0.717) is 6.54 Å².